The average Bonchev–Trinajstić information content (AvgIpc) is 2.91. The lowest BCUT2D eigenvalue weighted by Crippen LogP contribution is -2.36. The van der Waals surface area contributed by atoms with E-state index in [2.05, 4.69) is 20.8 Å². The SMILES string of the molecule is Brc1ccc(OC2CCN(C3CCCCC3)C2)cc1. The molecule has 19 heavy (non-hydrogen) atoms. The number of rotatable bonds is 3. The van der Waals surface area contributed by atoms with Crippen molar-refractivity contribution in [3.63, 3.8) is 0 Å². The zero-order valence-corrected chi connectivity index (χ0v) is 12.9. The van der Waals surface area contributed by atoms with Crippen molar-refractivity contribution >= 4 is 15.9 Å². The van der Waals surface area contributed by atoms with Crippen LogP contribution in [0.5, 0.6) is 5.75 Å². The summed E-state index contributed by atoms with van der Waals surface area (Å²) in [4.78, 5) is 2.66. The van der Waals surface area contributed by atoms with E-state index in [1.807, 2.05) is 24.3 Å². The molecule has 1 unspecified atom stereocenters. The molecule has 2 fully saturated rings. The Morgan fingerprint density at radius 1 is 1.00 bits per heavy atom. The zero-order valence-electron chi connectivity index (χ0n) is 11.4. The van der Waals surface area contributed by atoms with Crippen LogP contribution in [0.2, 0.25) is 0 Å². The second-order valence-electron chi connectivity index (χ2n) is 5.77. The molecular formula is C16H22BrNO. The van der Waals surface area contributed by atoms with Crippen LogP contribution in [0.3, 0.4) is 0 Å². The summed E-state index contributed by atoms with van der Waals surface area (Å²) in [5.41, 5.74) is 0. The van der Waals surface area contributed by atoms with Gasteiger partial charge in [0.15, 0.2) is 0 Å². The number of hydrogen-bond acceptors (Lipinski definition) is 2. The summed E-state index contributed by atoms with van der Waals surface area (Å²) >= 11 is 3.46. The Morgan fingerprint density at radius 2 is 1.74 bits per heavy atom. The van der Waals surface area contributed by atoms with Gasteiger partial charge in [-0.25, -0.2) is 0 Å². The fraction of sp³-hybridized carbons (Fsp3) is 0.625. The van der Waals surface area contributed by atoms with Crippen molar-refractivity contribution in [1.29, 1.82) is 0 Å². The normalized spacial score (nSPS) is 25.6. The van der Waals surface area contributed by atoms with Crippen molar-refractivity contribution in [2.24, 2.45) is 0 Å². The fourth-order valence-corrected chi connectivity index (χ4v) is 3.60. The summed E-state index contributed by atoms with van der Waals surface area (Å²) in [5, 5.41) is 0. The lowest BCUT2D eigenvalue weighted by Gasteiger charge is -2.30. The summed E-state index contributed by atoms with van der Waals surface area (Å²) in [5.74, 6) is 0.999. The first kappa shape index (κ1) is 13.4. The quantitative estimate of drug-likeness (QED) is 0.825. The molecule has 1 aromatic carbocycles. The van der Waals surface area contributed by atoms with Crippen LogP contribution < -0.4 is 4.74 Å². The van der Waals surface area contributed by atoms with Crippen molar-refractivity contribution in [3.8, 4) is 5.75 Å². The predicted octanol–water partition coefficient (Wildman–Crippen LogP) is 4.23. The maximum atomic E-state index is 6.09. The molecule has 104 valence electrons. The summed E-state index contributed by atoms with van der Waals surface area (Å²) in [6, 6.07) is 9.01. The molecule has 3 rings (SSSR count). The Kier molecular flexibility index (Phi) is 4.44. The van der Waals surface area contributed by atoms with E-state index in [1.54, 1.807) is 0 Å². The lowest BCUT2D eigenvalue weighted by atomic mass is 9.94. The van der Waals surface area contributed by atoms with Crippen LogP contribution in [0.25, 0.3) is 0 Å². The Balaban J connectivity index is 1.52. The van der Waals surface area contributed by atoms with Crippen LogP contribution in [-0.4, -0.2) is 30.1 Å². The molecule has 1 aromatic rings. The molecule has 1 heterocycles. The first-order chi connectivity index (χ1) is 9.31. The van der Waals surface area contributed by atoms with Crippen molar-refractivity contribution < 1.29 is 4.74 Å². The molecule has 1 saturated carbocycles. The predicted molar refractivity (Wildman–Crippen MR) is 81.6 cm³/mol. The number of nitrogens with zero attached hydrogens (tertiary/aromatic N) is 1. The molecule has 0 amide bonds. The molecule has 2 nitrogen and oxygen atoms in total. The van der Waals surface area contributed by atoms with E-state index in [4.69, 9.17) is 4.74 Å². The van der Waals surface area contributed by atoms with Crippen LogP contribution in [0.15, 0.2) is 28.7 Å². The average molecular weight is 324 g/mol. The van der Waals surface area contributed by atoms with Gasteiger partial charge in [0.05, 0.1) is 0 Å². The minimum atomic E-state index is 0.378. The van der Waals surface area contributed by atoms with Gasteiger partial charge in [-0.05, 0) is 43.5 Å². The van der Waals surface area contributed by atoms with Gasteiger partial charge < -0.3 is 4.74 Å². The first-order valence-corrected chi connectivity index (χ1v) is 8.27. The van der Waals surface area contributed by atoms with Crippen molar-refractivity contribution in [2.75, 3.05) is 13.1 Å². The van der Waals surface area contributed by atoms with Gasteiger partial charge in [0.2, 0.25) is 0 Å². The van der Waals surface area contributed by atoms with Crippen LogP contribution >= 0.6 is 15.9 Å². The highest BCUT2D eigenvalue weighted by atomic mass is 79.9. The minimum absolute atomic E-state index is 0.378. The van der Waals surface area contributed by atoms with E-state index >= 15 is 0 Å². The largest absolute Gasteiger partial charge is 0.489 e. The van der Waals surface area contributed by atoms with E-state index in [0.29, 0.717) is 6.10 Å². The van der Waals surface area contributed by atoms with Gasteiger partial charge in [-0.3, -0.25) is 4.90 Å². The van der Waals surface area contributed by atoms with Gasteiger partial charge in [-0.1, -0.05) is 35.2 Å². The van der Waals surface area contributed by atoms with E-state index in [1.165, 1.54) is 45.1 Å². The molecule has 0 N–H and O–H groups in total. The van der Waals surface area contributed by atoms with Gasteiger partial charge in [-0.2, -0.15) is 0 Å². The monoisotopic (exact) mass is 323 g/mol. The third-order valence-electron chi connectivity index (χ3n) is 4.38. The number of benzene rings is 1. The minimum Gasteiger partial charge on any atom is -0.489 e. The highest BCUT2D eigenvalue weighted by Gasteiger charge is 2.29. The maximum Gasteiger partial charge on any atom is 0.119 e. The molecule has 1 aliphatic carbocycles. The Labute approximate surface area is 124 Å². The second kappa shape index (κ2) is 6.27. The second-order valence-corrected chi connectivity index (χ2v) is 6.68. The molecule has 0 radical (unpaired) electrons. The third kappa shape index (κ3) is 3.51. The Bertz CT molecular complexity index is 400. The Morgan fingerprint density at radius 3 is 2.47 bits per heavy atom. The van der Waals surface area contributed by atoms with Crippen LogP contribution in [0, 0.1) is 0 Å². The third-order valence-corrected chi connectivity index (χ3v) is 4.91. The number of likely N-dealkylation sites (tertiary alicyclic amines) is 1. The molecule has 0 aromatic heterocycles. The fourth-order valence-electron chi connectivity index (χ4n) is 3.33. The molecule has 1 aliphatic heterocycles. The van der Waals surface area contributed by atoms with E-state index < -0.39 is 0 Å². The molecule has 2 aliphatic rings. The summed E-state index contributed by atoms with van der Waals surface area (Å²) in [6.07, 6.45) is 8.60. The van der Waals surface area contributed by atoms with Gasteiger partial charge in [-0.15, -0.1) is 0 Å². The number of halogens is 1. The molecular weight excluding hydrogens is 302 g/mol. The molecule has 1 saturated heterocycles. The van der Waals surface area contributed by atoms with Crippen molar-refractivity contribution in [3.05, 3.63) is 28.7 Å². The van der Waals surface area contributed by atoms with E-state index in [9.17, 15) is 0 Å². The van der Waals surface area contributed by atoms with Crippen LogP contribution in [0.1, 0.15) is 38.5 Å². The van der Waals surface area contributed by atoms with Crippen LogP contribution in [-0.2, 0) is 0 Å². The van der Waals surface area contributed by atoms with Gasteiger partial charge >= 0.3 is 0 Å². The summed E-state index contributed by atoms with van der Waals surface area (Å²) < 4.78 is 7.20. The van der Waals surface area contributed by atoms with E-state index in [0.717, 1.165) is 22.8 Å². The van der Waals surface area contributed by atoms with Crippen molar-refractivity contribution in [1.82, 2.24) is 4.90 Å². The van der Waals surface area contributed by atoms with Crippen LogP contribution in [0.4, 0.5) is 0 Å². The van der Waals surface area contributed by atoms with Gasteiger partial charge in [0.25, 0.3) is 0 Å². The number of hydrogen-bond donors (Lipinski definition) is 0. The smallest absolute Gasteiger partial charge is 0.119 e. The number of ether oxygens (including phenoxy) is 1. The summed E-state index contributed by atoms with van der Waals surface area (Å²) in [6.45, 7) is 2.33. The first-order valence-electron chi connectivity index (χ1n) is 7.47. The molecule has 0 spiro atoms. The molecule has 0 bridgehead atoms. The van der Waals surface area contributed by atoms with Gasteiger partial charge in [0.1, 0.15) is 11.9 Å². The highest BCUT2D eigenvalue weighted by Crippen LogP contribution is 2.27. The Hall–Kier alpha value is -0.540. The zero-order chi connectivity index (χ0) is 13.1. The maximum absolute atomic E-state index is 6.09. The molecule has 1 atom stereocenters. The molecule has 3 heteroatoms. The summed E-state index contributed by atoms with van der Waals surface area (Å²) in [7, 11) is 0. The lowest BCUT2D eigenvalue weighted by molar-refractivity contribution is 0.155. The van der Waals surface area contributed by atoms with Gasteiger partial charge in [0, 0.05) is 23.6 Å². The van der Waals surface area contributed by atoms with Crippen molar-refractivity contribution in [2.45, 2.75) is 50.7 Å². The topological polar surface area (TPSA) is 12.5 Å². The standard InChI is InChI=1S/C16H22BrNO/c17-13-6-8-15(9-7-13)19-16-10-11-18(12-16)14-4-2-1-3-5-14/h6-9,14,16H,1-5,10-12H2. The highest BCUT2D eigenvalue weighted by molar-refractivity contribution is 9.10. The van der Waals surface area contributed by atoms with E-state index in [-0.39, 0.29) is 0 Å².